The van der Waals surface area contributed by atoms with Crippen molar-refractivity contribution in [1.82, 2.24) is 0 Å². The van der Waals surface area contributed by atoms with Crippen LogP contribution in [0.25, 0.3) is 0 Å². The molecule has 138 heavy (non-hydrogen) atoms. The van der Waals surface area contributed by atoms with Crippen molar-refractivity contribution in [1.29, 1.82) is 0 Å². The van der Waals surface area contributed by atoms with E-state index in [0.29, 0.717) is 42.3 Å². The van der Waals surface area contributed by atoms with Crippen molar-refractivity contribution in [2.24, 2.45) is 0 Å². The monoisotopic (exact) mass is 2020 g/mol. The summed E-state index contributed by atoms with van der Waals surface area (Å²) in [5.41, 5.74) is 23.9. The summed E-state index contributed by atoms with van der Waals surface area (Å²) in [6, 6.07) is 28.6. The van der Waals surface area contributed by atoms with E-state index < -0.39 is 29.7 Å². The third kappa shape index (κ3) is 70.2. The number of allylic oxidation sites excluding steroid dienone is 27. The molecule has 5 rings (SSSR count). The number of aromatic carboxylic acids is 4. The average Bonchev–Trinajstić information content (AvgIpc) is 0.837. The minimum atomic E-state index is -1.10. The Kier molecular flexibility index (Phi) is 80.9. The third-order valence-corrected chi connectivity index (χ3v) is 26.4. The number of methoxy groups -OCH3 is 1. The highest BCUT2D eigenvalue weighted by Gasteiger charge is 2.16. The maximum atomic E-state index is 13.2. The van der Waals surface area contributed by atoms with Gasteiger partial charge in [-0.15, -0.1) is 58.8 Å². The number of carboxylic acid groups (broad SMARTS) is 4. The van der Waals surface area contributed by atoms with Crippen molar-refractivity contribution in [2.45, 2.75) is 341 Å². The second-order valence-electron chi connectivity index (χ2n) is 35.1. The van der Waals surface area contributed by atoms with Crippen LogP contribution in [-0.2, 0) is 4.74 Å². The molecule has 0 atom stereocenters. The number of carbonyl (C=O) groups excluding carboxylic acids is 1. The predicted molar refractivity (Wildman–Crippen MR) is 612 cm³/mol. The lowest BCUT2D eigenvalue weighted by molar-refractivity contribution is 0.0594. The maximum absolute atomic E-state index is 13.2. The largest absolute Gasteiger partial charge is 0.478 e. The van der Waals surface area contributed by atoms with Gasteiger partial charge in [-0.05, 0) is 366 Å². The second kappa shape index (κ2) is 82.2. The zero-order valence-electron chi connectivity index (χ0n) is 84.6. The van der Waals surface area contributed by atoms with Gasteiger partial charge >= 0.3 is 29.8 Å². The molecule has 764 valence electrons. The van der Waals surface area contributed by atoms with Crippen LogP contribution in [0.5, 0.6) is 0 Å². The van der Waals surface area contributed by atoms with E-state index in [1.807, 2.05) is 36.4 Å². The first-order valence-electron chi connectivity index (χ1n) is 46.7. The molecular formula is C120H173Cl2FO10S5. The highest BCUT2D eigenvalue weighted by molar-refractivity contribution is 8.00. The number of rotatable bonds is 53. The van der Waals surface area contributed by atoms with Gasteiger partial charge in [0.2, 0.25) is 0 Å². The van der Waals surface area contributed by atoms with Crippen LogP contribution < -0.4 is 0 Å². The fourth-order valence-electron chi connectivity index (χ4n) is 12.7. The van der Waals surface area contributed by atoms with E-state index in [2.05, 4.69) is 243 Å². The molecule has 0 unspecified atom stereocenters. The first kappa shape index (κ1) is 136. The van der Waals surface area contributed by atoms with Gasteiger partial charge in [-0.25, -0.2) is 28.4 Å². The Bertz CT molecular complexity index is 4870. The van der Waals surface area contributed by atoms with Crippen LogP contribution in [0.15, 0.2) is 314 Å². The molecule has 0 heterocycles. The number of halogens is 3. The van der Waals surface area contributed by atoms with Crippen LogP contribution >= 0.6 is 82.0 Å². The van der Waals surface area contributed by atoms with E-state index in [-0.39, 0.29) is 46.8 Å². The first-order valence-corrected chi connectivity index (χ1v) is 52.4. The molecule has 0 aliphatic carbocycles. The molecule has 0 saturated heterocycles. The Morgan fingerprint density at radius 1 is 0.261 bits per heavy atom. The maximum Gasteiger partial charge on any atom is 0.338 e. The third-order valence-electron chi connectivity index (χ3n) is 20.9. The number of ether oxygens (including phenoxy) is 1. The van der Waals surface area contributed by atoms with Gasteiger partial charge in [0.25, 0.3) is 0 Å². The highest BCUT2D eigenvalue weighted by Crippen LogP contribution is 2.32. The molecule has 0 amide bonds. The SMILES string of the molecule is C.C.C.C.CC(C)=CCC/C(C)=C/CC/C(C)=C/CC/C(C)=C/CSc1ccccc1C(=O)O.CC(C)=CCC/C(C)=C/CC/C(C)=C/CSc1cc(Cl)ccc1C(=O)O.CC(C)=CCC/C(C)=C/CC/C(C)=C/CSc1ccc(Cl)cc1C(=O)O.CC(C)=CCC/C(C)=C/CC/C(C)=C/CSc1ccc(F)cc1C(=O)O.COC(=O)c1ccccc1SC/C=C(\C)CC/C=C(\C)CCC=C(C)C. The zero-order chi connectivity index (χ0) is 100. The van der Waals surface area contributed by atoms with Gasteiger partial charge in [0.15, 0.2) is 0 Å². The molecule has 0 aliphatic heterocycles. The Morgan fingerprint density at radius 2 is 0.471 bits per heavy atom. The molecule has 0 aromatic heterocycles. The molecule has 5 aromatic carbocycles. The summed E-state index contributed by atoms with van der Waals surface area (Å²) in [5, 5.41) is 37.9. The first-order chi connectivity index (χ1) is 63.6. The predicted octanol–water partition coefficient (Wildman–Crippen LogP) is 40.3. The summed E-state index contributed by atoms with van der Waals surface area (Å²) in [6.07, 6.45) is 60.4. The molecule has 0 spiro atoms. The van der Waals surface area contributed by atoms with Gasteiger partial charge < -0.3 is 25.2 Å². The fourth-order valence-corrected chi connectivity index (χ4v) is 18.3. The Hall–Kier alpha value is -8.45. The van der Waals surface area contributed by atoms with Crippen molar-refractivity contribution < 1.29 is 53.5 Å². The number of carboxylic acids is 4. The normalized spacial score (nSPS) is 11.9. The number of esters is 1. The lowest BCUT2D eigenvalue weighted by Gasteiger charge is -2.06. The lowest BCUT2D eigenvalue weighted by atomic mass is 10.0. The van der Waals surface area contributed by atoms with Crippen molar-refractivity contribution in [3.05, 3.63) is 333 Å². The quantitative estimate of drug-likeness (QED) is 0.0164. The van der Waals surface area contributed by atoms with Crippen LogP contribution in [0.3, 0.4) is 0 Å². The number of carbonyl (C=O) groups is 5. The number of hydrogen-bond donors (Lipinski definition) is 4. The van der Waals surface area contributed by atoms with Gasteiger partial charge in [0.1, 0.15) is 5.82 Å². The Labute approximate surface area is 868 Å². The molecule has 18 heteroatoms. The summed E-state index contributed by atoms with van der Waals surface area (Å²) in [4.78, 5) is 60.7. The Balaban J connectivity index is -0.000000808. The Morgan fingerprint density at radius 3 is 0.746 bits per heavy atom. The summed E-state index contributed by atoms with van der Waals surface area (Å²) in [5.74, 6) is -0.763. The van der Waals surface area contributed by atoms with Crippen LogP contribution in [-0.4, -0.2) is 86.1 Å². The zero-order valence-corrected chi connectivity index (χ0v) is 90.2. The summed E-state index contributed by atoms with van der Waals surface area (Å²) in [7, 11) is 1.42. The smallest absolute Gasteiger partial charge is 0.338 e. The van der Waals surface area contributed by atoms with E-state index in [1.165, 1.54) is 150 Å². The molecule has 0 radical (unpaired) electrons. The fraction of sp³-hybridized carbons (Fsp3) is 0.442. The van der Waals surface area contributed by atoms with E-state index in [0.717, 1.165) is 185 Å². The molecule has 0 saturated carbocycles. The van der Waals surface area contributed by atoms with Gasteiger partial charge in [-0.1, -0.05) is 264 Å². The van der Waals surface area contributed by atoms with Gasteiger partial charge in [0, 0.05) is 63.3 Å². The van der Waals surface area contributed by atoms with Gasteiger partial charge in [-0.2, -0.15) is 0 Å². The molecule has 0 aliphatic rings. The van der Waals surface area contributed by atoms with Gasteiger partial charge in [0.05, 0.1) is 34.9 Å². The molecule has 4 N–H and O–H groups in total. The van der Waals surface area contributed by atoms with Crippen LogP contribution in [0.1, 0.15) is 368 Å². The van der Waals surface area contributed by atoms with Crippen LogP contribution in [0, 0.1) is 5.82 Å². The van der Waals surface area contributed by atoms with Gasteiger partial charge in [-0.3, -0.25) is 0 Å². The average molecular weight is 2030 g/mol. The number of thioether (sulfide) groups is 5. The lowest BCUT2D eigenvalue weighted by Crippen LogP contribution is -2.02. The van der Waals surface area contributed by atoms with Crippen LogP contribution in [0.2, 0.25) is 10.0 Å². The highest BCUT2D eigenvalue weighted by atomic mass is 35.5. The minimum absolute atomic E-state index is 0. The molecule has 5 aromatic rings. The van der Waals surface area contributed by atoms with E-state index in [9.17, 15) is 43.7 Å². The summed E-state index contributed by atoms with van der Waals surface area (Å²) < 4.78 is 18.0. The minimum Gasteiger partial charge on any atom is -0.478 e. The summed E-state index contributed by atoms with van der Waals surface area (Å²) >= 11 is 19.6. The topological polar surface area (TPSA) is 175 Å². The molecule has 0 bridgehead atoms. The van der Waals surface area contributed by atoms with Crippen molar-refractivity contribution >= 4 is 112 Å². The van der Waals surface area contributed by atoms with E-state index >= 15 is 0 Å². The standard InChI is InChI=1S/C27H38O2S.C23H32O2S.2C22H29ClO2S.C22H29FO2S.4CH4/c1-21(2)11-8-12-22(3)13-9-14-23(4)15-10-16-24(5)19-20-30-26-18-7-6-17-25(26)27(28)29;1-18(2)10-8-11-19(3)12-9-13-20(4)16-17-26-22-15-7-6-14-21(22)23(24)25-5;1-16(2)7-5-8-17(3)9-6-10-18(4)13-14-26-21-12-11-19(23)15-20(21)22(24)25;1-16(2)7-5-8-17(3)9-6-10-18(4)13-14-26-21-15-19(23)11-12-20(21)22(24)25;1-16(2)7-5-8-17(3)9-6-10-18(4)13-14-26-21-12-11-19(23)15-20(21)22(24)25;;;;/h6-7,11,13,15,17-19H,8-10,12,14,16,20H2,1-5H3,(H,28,29);6-7,10,12,14-16H,8-9,11,13,17H2,1-5H3;3*7,9,11-13,15H,5-6,8,10,14H2,1-4H3,(H,24,25);4*1H4/b22-13+,23-15+,24-19+;19-12+,20-16+;3*17-9+,18-13+;;;;. The molecule has 0 fully saturated rings. The molecular weight excluding hydrogens is 1850 g/mol. The summed E-state index contributed by atoms with van der Waals surface area (Å²) in [6.45, 7) is 45.3. The van der Waals surface area contributed by atoms with E-state index in [1.54, 1.807) is 66.0 Å². The second-order valence-corrected chi connectivity index (χ2v) is 41.3. The molecule has 10 nitrogen and oxygen atoms in total. The van der Waals surface area contributed by atoms with Crippen LogP contribution in [0.4, 0.5) is 4.39 Å². The number of hydrogen-bond acceptors (Lipinski definition) is 11. The number of benzene rings is 5. The van der Waals surface area contributed by atoms with Crippen molar-refractivity contribution in [2.75, 3.05) is 35.9 Å². The van der Waals surface area contributed by atoms with Crippen molar-refractivity contribution in [3.63, 3.8) is 0 Å². The van der Waals surface area contributed by atoms with E-state index in [4.69, 9.17) is 33.0 Å². The van der Waals surface area contributed by atoms with Crippen molar-refractivity contribution in [3.8, 4) is 0 Å².